The zero-order chi connectivity index (χ0) is 15.0. The lowest BCUT2D eigenvalue weighted by molar-refractivity contribution is -0.384. The van der Waals surface area contributed by atoms with Crippen LogP contribution in [-0.4, -0.2) is 33.1 Å². The van der Waals surface area contributed by atoms with Crippen LogP contribution in [0.2, 0.25) is 0 Å². The van der Waals surface area contributed by atoms with E-state index in [1.54, 1.807) is 4.90 Å². The average molecular weight is 291 g/mol. The fourth-order valence-electron chi connectivity index (χ4n) is 3.72. The first kappa shape index (κ1) is 13.8. The van der Waals surface area contributed by atoms with E-state index in [1.807, 2.05) is 0 Å². The number of aromatic nitrogens is 1. The highest BCUT2D eigenvalue weighted by atomic mass is 16.6. The highest BCUT2D eigenvalue weighted by molar-refractivity contribution is 5.80. The molecule has 2 aliphatic rings. The Kier molecular flexibility index (Phi) is 3.48. The van der Waals surface area contributed by atoms with Crippen molar-refractivity contribution in [3.63, 3.8) is 0 Å². The summed E-state index contributed by atoms with van der Waals surface area (Å²) in [4.78, 5) is 28.1. The van der Waals surface area contributed by atoms with E-state index in [9.17, 15) is 20.0 Å². The average Bonchev–Trinajstić information content (AvgIpc) is 2.86. The summed E-state index contributed by atoms with van der Waals surface area (Å²) in [6, 6.07) is 2.23. The van der Waals surface area contributed by atoms with E-state index in [2.05, 4.69) is 4.98 Å². The third-order valence-electron chi connectivity index (χ3n) is 4.58. The Morgan fingerprint density at radius 3 is 2.90 bits per heavy atom. The SMILES string of the molecule is O=C(O)C1CC2CCCCC2N1c1ncccc1[N+](=O)[O-]. The highest BCUT2D eigenvalue weighted by Crippen LogP contribution is 2.43. The Morgan fingerprint density at radius 2 is 2.19 bits per heavy atom. The monoisotopic (exact) mass is 291 g/mol. The Bertz CT molecular complexity index is 577. The predicted molar refractivity (Wildman–Crippen MR) is 75.2 cm³/mol. The Morgan fingerprint density at radius 1 is 1.43 bits per heavy atom. The number of fused-ring (bicyclic) bond motifs is 1. The lowest BCUT2D eigenvalue weighted by atomic mass is 9.85. The van der Waals surface area contributed by atoms with Crippen molar-refractivity contribution in [2.45, 2.75) is 44.2 Å². The van der Waals surface area contributed by atoms with Crippen molar-refractivity contribution in [1.29, 1.82) is 0 Å². The quantitative estimate of drug-likeness (QED) is 0.677. The Labute approximate surface area is 121 Å². The first-order valence-electron chi connectivity index (χ1n) is 7.20. The number of aliphatic carboxylic acids is 1. The minimum atomic E-state index is -0.927. The van der Waals surface area contributed by atoms with Gasteiger partial charge >= 0.3 is 11.7 Å². The fourth-order valence-corrected chi connectivity index (χ4v) is 3.72. The number of nitrogens with zero attached hydrogens (tertiary/aromatic N) is 3. The molecule has 0 bridgehead atoms. The van der Waals surface area contributed by atoms with Gasteiger partial charge in [0.15, 0.2) is 0 Å². The molecule has 3 atom stereocenters. The summed E-state index contributed by atoms with van der Waals surface area (Å²) in [6.45, 7) is 0. The summed E-state index contributed by atoms with van der Waals surface area (Å²) in [7, 11) is 0. The molecule has 0 spiro atoms. The molecule has 2 heterocycles. The highest BCUT2D eigenvalue weighted by Gasteiger charge is 2.47. The first-order valence-corrected chi connectivity index (χ1v) is 7.20. The number of nitro groups is 1. The van der Waals surface area contributed by atoms with Crippen LogP contribution in [0.1, 0.15) is 32.1 Å². The molecule has 7 nitrogen and oxygen atoms in total. The van der Waals surface area contributed by atoms with Crippen molar-refractivity contribution in [1.82, 2.24) is 4.98 Å². The van der Waals surface area contributed by atoms with Gasteiger partial charge in [0.1, 0.15) is 6.04 Å². The molecule has 1 saturated heterocycles. The molecule has 112 valence electrons. The van der Waals surface area contributed by atoms with Gasteiger partial charge in [-0.2, -0.15) is 0 Å². The summed E-state index contributed by atoms with van der Waals surface area (Å²) < 4.78 is 0. The molecule has 3 rings (SSSR count). The van der Waals surface area contributed by atoms with Crippen molar-refractivity contribution in [3.05, 3.63) is 28.4 Å². The zero-order valence-electron chi connectivity index (χ0n) is 11.5. The maximum Gasteiger partial charge on any atom is 0.326 e. The molecule has 2 fully saturated rings. The van der Waals surface area contributed by atoms with Gasteiger partial charge in [0.2, 0.25) is 5.82 Å². The number of anilines is 1. The number of hydrogen-bond donors (Lipinski definition) is 1. The minimum absolute atomic E-state index is 0.0495. The van der Waals surface area contributed by atoms with E-state index in [1.165, 1.54) is 18.3 Å². The number of carboxylic acid groups (broad SMARTS) is 1. The molecule has 7 heteroatoms. The van der Waals surface area contributed by atoms with Crippen LogP contribution in [0, 0.1) is 16.0 Å². The van der Waals surface area contributed by atoms with E-state index in [-0.39, 0.29) is 17.5 Å². The normalized spacial score (nSPS) is 28.2. The van der Waals surface area contributed by atoms with Crippen molar-refractivity contribution in [3.8, 4) is 0 Å². The van der Waals surface area contributed by atoms with E-state index < -0.39 is 16.9 Å². The number of carbonyl (C=O) groups is 1. The summed E-state index contributed by atoms with van der Waals surface area (Å²) in [5, 5.41) is 20.7. The van der Waals surface area contributed by atoms with Gasteiger partial charge in [-0.15, -0.1) is 0 Å². The largest absolute Gasteiger partial charge is 0.480 e. The molecule has 1 aliphatic heterocycles. The summed E-state index contributed by atoms with van der Waals surface area (Å²) in [5.41, 5.74) is -0.116. The van der Waals surface area contributed by atoms with Gasteiger partial charge in [0, 0.05) is 18.3 Å². The molecule has 0 aromatic carbocycles. The molecule has 1 aliphatic carbocycles. The van der Waals surface area contributed by atoms with Gasteiger partial charge in [-0.25, -0.2) is 9.78 Å². The molecule has 1 saturated carbocycles. The molecule has 1 aromatic heterocycles. The lowest BCUT2D eigenvalue weighted by Crippen LogP contribution is -2.43. The molecule has 21 heavy (non-hydrogen) atoms. The van der Waals surface area contributed by atoms with E-state index in [4.69, 9.17) is 0 Å². The lowest BCUT2D eigenvalue weighted by Gasteiger charge is -2.33. The molecule has 0 amide bonds. The number of carboxylic acids is 1. The second-order valence-corrected chi connectivity index (χ2v) is 5.71. The van der Waals surface area contributed by atoms with Crippen LogP contribution >= 0.6 is 0 Å². The third-order valence-corrected chi connectivity index (χ3v) is 4.58. The van der Waals surface area contributed by atoms with Gasteiger partial charge in [0.05, 0.1) is 4.92 Å². The smallest absolute Gasteiger partial charge is 0.326 e. The second-order valence-electron chi connectivity index (χ2n) is 5.71. The van der Waals surface area contributed by atoms with Crippen LogP contribution in [-0.2, 0) is 4.79 Å². The maximum atomic E-state index is 11.6. The van der Waals surface area contributed by atoms with Crippen LogP contribution in [0.3, 0.4) is 0 Å². The second kappa shape index (κ2) is 5.31. The fraction of sp³-hybridized carbons (Fsp3) is 0.571. The molecular formula is C14H17N3O4. The molecule has 1 N–H and O–H groups in total. The molecule has 3 unspecified atom stereocenters. The van der Waals surface area contributed by atoms with E-state index in [0.29, 0.717) is 12.3 Å². The Hall–Kier alpha value is -2.18. The molecule has 0 radical (unpaired) electrons. The third kappa shape index (κ3) is 2.32. The van der Waals surface area contributed by atoms with Crippen LogP contribution in [0.5, 0.6) is 0 Å². The van der Waals surface area contributed by atoms with Gasteiger partial charge in [-0.1, -0.05) is 12.8 Å². The zero-order valence-corrected chi connectivity index (χ0v) is 11.5. The Balaban J connectivity index is 2.04. The number of pyridine rings is 1. The van der Waals surface area contributed by atoms with Crippen molar-refractivity contribution in [2.75, 3.05) is 4.90 Å². The van der Waals surface area contributed by atoms with Gasteiger partial charge < -0.3 is 10.0 Å². The van der Waals surface area contributed by atoms with Gasteiger partial charge in [0.25, 0.3) is 0 Å². The van der Waals surface area contributed by atoms with Crippen LogP contribution < -0.4 is 4.90 Å². The predicted octanol–water partition coefficient (Wildman–Crippen LogP) is 2.21. The molecular weight excluding hydrogens is 274 g/mol. The van der Waals surface area contributed by atoms with Crippen LogP contribution in [0.25, 0.3) is 0 Å². The summed E-state index contributed by atoms with van der Waals surface area (Å²) in [6.07, 6.45) is 6.04. The van der Waals surface area contributed by atoms with Crippen molar-refractivity contribution < 1.29 is 14.8 Å². The van der Waals surface area contributed by atoms with Crippen LogP contribution in [0.4, 0.5) is 11.5 Å². The van der Waals surface area contributed by atoms with Crippen LogP contribution in [0.15, 0.2) is 18.3 Å². The minimum Gasteiger partial charge on any atom is -0.480 e. The standard InChI is InChI=1S/C14H17N3O4/c18-14(19)12-8-9-4-1-2-5-10(9)16(12)13-11(17(20)21)6-3-7-15-13/h3,6-7,9-10,12H,1-2,4-5,8H2,(H,18,19). The van der Waals surface area contributed by atoms with Gasteiger partial charge in [-0.05, 0) is 31.2 Å². The molecule has 1 aromatic rings. The topological polar surface area (TPSA) is 96.6 Å². The maximum absolute atomic E-state index is 11.6. The number of rotatable bonds is 3. The summed E-state index contributed by atoms with van der Waals surface area (Å²) >= 11 is 0. The van der Waals surface area contributed by atoms with Gasteiger partial charge in [-0.3, -0.25) is 10.1 Å². The van der Waals surface area contributed by atoms with Crippen molar-refractivity contribution in [2.24, 2.45) is 5.92 Å². The van der Waals surface area contributed by atoms with E-state index in [0.717, 1.165) is 25.7 Å². The summed E-state index contributed by atoms with van der Waals surface area (Å²) in [5.74, 6) is -0.435. The number of hydrogen-bond acceptors (Lipinski definition) is 5. The first-order chi connectivity index (χ1) is 10.1. The van der Waals surface area contributed by atoms with E-state index >= 15 is 0 Å². The van der Waals surface area contributed by atoms with Crippen molar-refractivity contribution >= 4 is 17.5 Å².